The summed E-state index contributed by atoms with van der Waals surface area (Å²) in [4.78, 5) is 12.3. The molecule has 3 fully saturated rings. The van der Waals surface area contributed by atoms with Crippen LogP contribution in [0.2, 0.25) is 0 Å². The van der Waals surface area contributed by atoms with Crippen LogP contribution in [0.15, 0.2) is 36.4 Å². The molecule has 5 rings (SSSR count). The fourth-order valence-electron chi connectivity index (χ4n) is 5.78. The number of methoxy groups -OCH3 is 2. The number of ether oxygens (including phenoxy) is 7. The fraction of sp³-hybridized carbons (Fsp3) is 0.536. The molecule has 0 spiro atoms. The molecule has 0 aromatic heterocycles. The van der Waals surface area contributed by atoms with E-state index in [2.05, 4.69) is 0 Å². The molecule has 224 valence electrons. The van der Waals surface area contributed by atoms with Gasteiger partial charge in [0.25, 0.3) is 0 Å². The first-order valence-corrected chi connectivity index (χ1v) is 13.1. The topological polar surface area (TPSA) is 183 Å². The molecule has 41 heavy (non-hydrogen) atoms. The fourth-order valence-corrected chi connectivity index (χ4v) is 5.78. The number of phenolic OH excluding ortho intramolecular Hbond substituents is 1. The first kappa shape index (κ1) is 29.3. The van der Waals surface area contributed by atoms with E-state index in [0.717, 1.165) is 5.56 Å². The molecule has 3 aliphatic heterocycles. The first-order valence-electron chi connectivity index (χ1n) is 13.1. The number of aliphatic hydroxyl groups excluding tert-OH is 4. The van der Waals surface area contributed by atoms with E-state index in [1.807, 2.05) is 0 Å². The molecule has 0 radical (unpaired) electrons. The van der Waals surface area contributed by atoms with Gasteiger partial charge in [-0.2, -0.15) is 0 Å². The molecule has 3 aliphatic rings. The third kappa shape index (κ3) is 5.18. The predicted octanol–water partition coefficient (Wildman–Crippen LogP) is 0.349. The summed E-state index contributed by atoms with van der Waals surface area (Å²) in [6, 6.07) is 9.76. The molecular weight excluding hydrogens is 544 g/mol. The van der Waals surface area contributed by atoms with Crippen molar-refractivity contribution in [3.05, 3.63) is 47.5 Å². The number of esters is 1. The highest BCUT2D eigenvalue weighted by Gasteiger charge is 2.63. The van der Waals surface area contributed by atoms with Gasteiger partial charge in [0.05, 0.1) is 46.1 Å². The molecule has 0 aliphatic carbocycles. The first-order chi connectivity index (χ1) is 19.6. The molecule has 0 bridgehead atoms. The van der Waals surface area contributed by atoms with Crippen LogP contribution >= 0.6 is 0 Å². The molecule has 2 aromatic carbocycles. The Labute approximate surface area is 235 Å². The monoisotopic (exact) mass is 578 g/mol. The number of benzene rings is 2. The molecule has 13 heteroatoms. The number of rotatable bonds is 8. The summed E-state index contributed by atoms with van der Waals surface area (Å²) >= 11 is 0. The average Bonchev–Trinajstić information content (AvgIpc) is 3.49. The van der Waals surface area contributed by atoms with Gasteiger partial charge in [0.2, 0.25) is 6.29 Å². The average molecular weight is 579 g/mol. The Bertz CT molecular complexity index is 1250. The van der Waals surface area contributed by atoms with Gasteiger partial charge in [0.15, 0.2) is 28.6 Å². The lowest BCUT2D eigenvalue weighted by Gasteiger charge is -2.39. The molecular formula is C28H34O13. The third-order valence-corrected chi connectivity index (χ3v) is 7.82. The molecule has 0 amide bonds. The van der Waals surface area contributed by atoms with Gasteiger partial charge in [-0.05, 0) is 35.4 Å². The summed E-state index contributed by atoms with van der Waals surface area (Å²) in [6.45, 7) is 0.966. The Kier molecular flexibility index (Phi) is 8.30. The lowest BCUT2D eigenvalue weighted by Crippen LogP contribution is -2.60. The Balaban J connectivity index is 1.42. The van der Waals surface area contributed by atoms with Gasteiger partial charge in [0.1, 0.15) is 30.5 Å². The second kappa shape index (κ2) is 11.6. The van der Waals surface area contributed by atoms with E-state index < -0.39 is 61.1 Å². The van der Waals surface area contributed by atoms with Gasteiger partial charge >= 0.3 is 5.97 Å². The standard InChI is InChI=1S/C28H34O13/c1-13(30)41-28-12-38-25(14-4-6-17(31)19(8-14)35-2)16(28)11-37-26(28)15-5-7-18(20(9-15)36-3)39-27-24(34)23(33)22(32)21(10-29)40-27/h4-9,16,21-27,29,31-34H,10-12H2,1-3H3/t16-,21-,22-,23+,24-,25-,26-,27-,28-/m0/s1. The maximum atomic E-state index is 12.3. The Morgan fingerprint density at radius 3 is 2.34 bits per heavy atom. The van der Waals surface area contributed by atoms with E-state index in [9.17, 15) is 30.3 Å². The molecule has 2 aromatic rings. The van der Waals surface area contributed by atoms with Crippen molar-refractivity contribution in [2.75, 3.05) is 34.0 Å². The van der Waals surface area contributed by atoms with Gasteiger partial charge in [-0.3, -0.25) is 4.79 Å². The molecule has 9 atom stereocenters. The Morgan fingerprint density at radius 1 is 0.951 bits per heavy atom. The van der Waals surface area contributed by atoms with Crippen LogP contribution < -0.4 is 14.2 Å². The maximum Gasteiger partial charge on any atom is 0.303 e. The SMILES string of the molecule is COc1cc([C@@H]2OC[C@@]3(OC(C)=O)[C@H](c4ccc(O[C@H]5O[C@@H](CO)[C@H](O)[C@@H](O)[C@@H]5O)c(OC)c4)OC[C@@H]23)ccc1O. The van der Waals surface area contributed by atoms with E-state index >= 15 is 0 Å². The van der Waals surface area contributed by atoms with Crippen molar-refractivity contribution in [1.29, 1.82) is 0 Å². The molecule has 13 nitrogen and oxygen atoms in total. The van der Waals surface area contributed by atoms with Gasteiger partial charge in [-0.15, -0.1) is 0 Å². The molecule has 5 N–H and O–H groups in total. The highest BCUT2D eigenvalue weighted by molar-refractivity contribution is 5.67. The minimum atomic E-state index is -1.60. The van der Waals surface area contributed by atoms with Crippen molar-refractivity contribution in [1.82, 2.24) is 0 Å². The van der Waals surface area contributed by atoms with Crippen LogP contribution in [0.1, 0.15) is 30.3 Å². The van der Waals surface area contributed by atoms with Crippen LogP contribution in [-0.4, -0.2) is 102 Å². The normalized spacial score (nSPS) is 34.6. The highest BCUT2D eigenvalue weighted by atomic mass is 16.7. The van der Waals surface area contributed by atoms with Crippen molar-refractivity contribution in [2.24, 2.45) is 5.92 Å². The van der Waals surface area contributed by atoms with E-state index in [0.29, 0.717) is 5.56 Å². The molecule has 3 heterocycles. The van der Waals surface area contributed by atoms with Crippen molar-refractivity contribution in [3.63, 3.8) is 0 Å². The molecule has 3 saturated heterocycles. The zero-order valence-corrected chi connectivity index (χ0v) is 22.7. The number of hydrogen-bond acceptors (Lipinski definition) is 13. The number of aromatic hydroxyl groups is 1. The minimum absolute atomic E-state index is 0.0147. The van der Waals surface area contributed by atoms with Gasteiger partial charge in [0, 0.05) is 6.92 Å². The van der Waals surface area contributed by atoms with Gasteiger partial charge in [-0.25, -0.2) is 0 Å². The summed E-state index contributed by atoms with van der Waals surface area (Å²) < 4.78 is 40.3. The van der Waals surface area contributed by atoms with Crippen molar-refractivity contribution < 1.29 is 63.5 Å². The number of phenols is 1. The number of hydrogen-bond donors (Lipinski definition) is 5. The Hall–Kier alpha value is -3.17. The predicted molar refractivity (Wildman–Crippen MR) is 137 cm³/mol. The lowest BCUT2D eigenvalue weighted by molar-refractivity contribution is -0.277. The number of carbonyl (C=O) groups is 1. The van der Waals surface area contributed by atoms with E-state index in [4.69, 9.17) is 33.2 Å². The number of aliphatic hydroxyl groups is 4. The van der Waals surface area contributed by atoms with Crippen LogP contribution in [0.4, 0.5) is 0 Å². The summed E-state index contributed by atoms with van der Waals surface area (Å²) in [6.07, 6.45) is -8.53. The zero-order chi connectivity index (χ0) is 29.5. The maximum absolute atomic E-state index is 12.3. The molecule has 0 saturated carbocycles. The summed E-state index contributed by atoms with van der Waals surface area (Å²) in [5, 5.41) is 50.0. The van der Waals surface area contributed by atoms with Crippen LogP contribution in [0.5, 0.6) is 23.0 Å². The van der Waals surface area contributed by atoms with E-state index in [-0.39, 0.29) is 42.1 Å². The van der Waals surface area contributed by atoms with Crippen LogP contribution in [0, 0.1) is 5.92 Å². The van der Waals surface area contributed by atoms with Gasteiger partial charge < -0.3 is 58.7 Å². The number of fused-ring (bicyclic) bond motifs is 1. The van der Waals surface area contributed by atoms with Crippen LogP contribution in [-0.2, 0) is 23.7 Å². The summed E-state index contributed by atoms with van der Waals surface area (Å²) in [5.74, 6) is -0.253. The van der Waals surface area contributed by atoms with Crippen molar-refractivity contribution in [2.45, 2.75) is 55.4 Å². The van der Waals surface area contributed by atoms with Crippen LogP contribution in [0.25, 0.3) is 0 Å². The minimum Gasteiger partial charge on any atom is -0.504 e. The largest absolute Gasteiger partial charge is 0.504 e. The Morgan fingerprint density at radius 2 is 1.66 bits per heavy atom. The second-order valence-corrected chi connectivity index (χ2v) is 10.3. The van der Waals surface area contributed by atoms with E-state index in [1.165, 1.54) is 27.2 Å². The highest BCUT2D eigenvalue weighted by Crippen LogP contribution is 2.56. The van der Waals surface area contributed by atoms with E-state index in [1.54, 1.807) is 30.3 Å². The number of carbonyl (C=O) groups excluding carboxylic acids is 1. The van der Waals surface area contributed by atoms with Crippen molar-refractivity contribution >= 4 is 5.97 Å². The molecule has 0 unspecified atom stereocenters. The summed E-state index contributed by atoms with van der Waals surface area (Å²) in [7, 11) is 2.86. The van der Waals surface area contributed by atoms with Crippen LogP contribution in [0.3, 0.4) is 0 Å². The zero-order valence-electron chi connectivity index (χ0n) is 22.7. The third-order valence-electron chi connectivity index (χ3n) is 7.82. The lowest BCUT2D eigenvalue weighted by atomic mass is 9.80. The quantitative estimate of drug-likeness (QED) is 0.271. The van der Waals surface area contributed by atoms with Gasteiger partial charge in [-0.1, -0.05) is 12.1 Å². The van der Waals surface area contributed by atoms with Crippen molar-refractivity contribution in [3.8, 4) is 23.0 Å². The second-order valence-electron chi connectivity index (χ2n) is 10.3. The summed E-state index contributed by atoms with van der Waals surface area (Å²) in [5.41, 5.74) is 0.148. The smallest absolute Gasteiger partial charge is 0.303 e.